The molecule has 0 aromatic carbocycles. The zero-order valence-corrected chi connectivity index (χ0v) is 9.57. The van der Waals surface area contributed by atoms with E-state index in [1.54, 1.807) is 0 Å². The normalized spacial score (nSPS) is 11.7. The van der Waals surface area contributed by atoms with Crippen molar-refractivity contribution >= 4 is 27.5 Å². The Labute approximate surface area is 96.3 Å². The van der Waals surface area contributed by atoms with Crippen LogP contribution in [0.1, 0.15) is 17.7 Å². The molecule has 8 heteroatoms. The van der Waals surface area contributed by atoms with Crippen LogP contribution >= 0.6 is 27.5 Å². The summed E-state index contributed by atoms with van der Waals surface area (Å²) in [5.74, 6) is 0. The minimum absolute atomic E-state index is 0.0484. The summed E-state index contributed by atoms with van der Waals surface area (Å²) in [5, 5.41) is 3.22. The molecule has 0 atom stereocenters. The van der Waals surface area contributed by atoms with Crippen molar-refractivity contribution < 1.29 is 17.6 Å². The van der Waals surface area contributed by atoms with Crippen LogP contribution in [-0.4, -0.2) is 16.2 Å². The predicted molar refractivity (Wildman–Crippen MR) is 50.8 cm³/mol. The molecule has 0 aliphatic carbocycles. The number of hydrogen-bond acceptors (Lipinski definition) is 1. The van der Waals surface area contributed by atoms with E-state index in [-0.39, 0.29) is 16.0 Å². The van der Waals surface area contributed by atoms with E-state index < -0.39 is 25.1 Å². The summed E-state index contributed by atoms with van der Waals surface area (Å²) < 4.78 is 49.5. The van der Waals surface area contributed by atoms with E-state index in [0.29, 0.717) is 4.68 Å². The molecule has 0 spiro atoms. The van der Waals surface area contributed by atoms with Crippen LogP contribution in [0, 0.1) is 0 Å². The van der Waals surface area contributed by atoms with Gasteiger partial charge in [0, 0.05) is 10.9 Å². The highest BCUT2D eigenvalue weighted by atomic mass is 79.9. The van der Waals surface area contributed by atoms with Gasteiger partial charge in [-0.25, -0.2) is 22.2 Å². The van der Waals surface area contributed by atoms with Crippen molar-refractivity contribution in [2.45, 2.75) is 24.7 Å². The Kier molecular flexibility index (Phi) is 4.39. The number of aromatic nitrogens is 2. The number of rotatable bonds is 4. The molecule has 86 valence electrons. The molecule has 1 heterocycles. The Bertz CT molecular complexity index is 342. The lowest BCUT2D eigenvalue weighted by molar-refractivity contribution is 0.117. The van der Waals surface area contributed by atoms with Gasteiger partial charge in [-0.15, -0.1) is 0 Å². The largest absolute Gasteiger partial charge is 0.282 e. The smallest absolute Gasteiger partial charge is 0.247 e. The third-order valence-corrected chi connectivity index (χ3v) is 2.65. The monoisotopic (exact) mass is 308 g/mol. The topological polar surface area (TPSA) is 17.8 Å². The summed E-state index contributed by atoms with van der Waals surface area (Å²) in [6, 6.07) is 0. The van der Waals surface area contributed by atoms with Gasteiger partial charge in [0.2, 0.25) is 0 Å². The first-order valence-electron chi connectivity index (χ1n) is 3.84. The molecule has 0 fully saturated rings. The van der Waals surface area contributed by atoms with E-state index in [9.17, 15) is 17.6 Å². The summed E-state index contributed by atoms with van der Waals surface area (Å²) in [7, 11) is 0. The Morgan fingerprint density at radius 1 is 1.33 bits per heavy atom. The van der Waals surface area contributed by atoms with Gasteiger partial charge in [-0.2, -0.15) is 5.10 Å². The number of hydrogen-bond donors (Lipinski definition) is 0. The molecular weight excluding hydrogens is 303 g/mol. The Balaban J connectivity index is 3.09. The molecule has 0 unspecified atom stereocenters. The molecule has 1 aromatic rings. The second-order valence-corrected chi connectivity index (χ2v) is 3.58. The summed E-state index contributed by atoms with van der Waals surface area (Å²) in [5.41, 5.74) is -0.509. The lowest BCUT2D eigenvalue weighted by Gasteiger charge is -2.00. The van der Waals surface area contributed by atoms with Crippen LogP contribution in [-0.2, 0) is 11.9 Å². The quantitative estimate of drug-likeness (QED) is 0.613. The first-order valence-corrected chi connectivity index (χ1v) is 5.34. The van der Waals surface area contributed by atoms with Crippen molar-refractivity contribution in [2.24, 2.45) is 0 Å². The first-order chi connectivity index (χ1) is 6.97. The van der Waals surface area contributed by atoms with Crippen LogP contribution in [0.2, 0.25) is 5.15 Å². The zero-order valence-electron chi connectivity index (χ0n) is 7.23. The summed E-state index contributed by atoms with van der Waals surface area (Å²) in [4.78, 5) is 0. The van der Waals surface area contributed by atoms with E-state index in [1.165, 1.54) is 0 Å². The van der Waals surface area contributed by atoms with Crippen LogP contribution in [0.3, 0.4) is 0 Å². The van der Waals surface area contributed by atoms with Crippen molar-refractivity contribution in [1.82, 2.24) is 9.78 Å². The van der Waals surface area contributed by atoms with Gasteiger partial charge in [0.05, 0.1) is 0 Å². The van der Waals surface area contributed by atoms with Crippen molar-refractivity contribution in [3.05, 3.63) is 16.4 Å². The number of nitrogens with zero attached hydrogens (tertiary/aromatic N) is 2. The highest BCUT2D eigenvalue weighted by Gasteiger charge is 2.23. The van der Waals surface area contributed by atoms with Crippen molar-refractivity contribution in [2.75, 3.05) is 0 Å². The van der Waals surface area contributed by atoms with E-state index in [0.717, 1.165) is 0 Å². The Morgan fingerprint density at radius 2 is 1.93 bits per heavy atom. The Hall–Kier alpha value is -0.300. The predicted octanol–water partition coefficient (Wildman–Crippen LogP) is 3.63. The van der Waals surface area contributed by atoms with Crippen LogP contribution < -0.4 is 0 Å². The summed E-state index contributed by atoms with van der Waals surface area (Å²) >= 11 is 8.57. The van der Waals surface area contributed by atoms with Crippen LogP contribution in [0.4, 0.5) is 17.6 Å². The van der Waals surface area contributed by atoms with Crippen molar-refractivity contribution in [1.29, 1.82) is 0 Å². The molecule has 15 heavy (non-hydrogen) atoms. The van der Waals surface area contributed by atoms with E-state index in [2.05, 4.69) is 21.0 Å². The molecule has 0 amide bonds. The highest BCUT2D eigenvalue weighted by molar-refractivity contribution is 9.08. The van der Waals surface area contributed by atoms with Gasteiger partial charge in [0.25, 0.3) is 12.9 Å². The maximum atomic E-state index is 12.4. The fraction of sp³-hybridized carbons (Fsp3) is 0.571. The third kappa shape index (κ3) is 2.84. The van der Waals surface area contributed by atoms with E-state index in [1.807, 2.05) is 0 Å². The SMILES string of the molecule is FC(F)Cn1nc(C(F)F)c(CBr)c1Cl. The molecule has 1 rings (SSSR count). The molecule has 0 aliphatic rings. The average Bonchev–Trinajstić information content (AvgIpc) is 2.43. The molecule has 0 aliphatic heterocycles. The van der Waals surface area contributed by atoms with Gasteiger partial charge < -0.3 is 0 Å². The summed E-state index contributed by atoms with van der Waals surface area (Å²) in [6.07, 6.45) is -5.51. The first kappa shape index (κ1) is 12.8. The average molecular weight is 309 g/mol. The number of halogens is 6. The number of alkyl halides is 5. The Morgan fingerprint density at radius 3 is 2.27 bits per heavy atom. The van der Waals surface area contributed by atoms with Gasteiger partial charge in [-0.3, -0.25) is 0 Å². The van der Waals surface area contributed by atoms with Crippen LogP contribution in [0.25, 0.3) is 0 Å². The molecule has 2 nitrogen and oxygen atoms in total. The highest BCUT2D eigenvalue weighted by Crippen LogP contribution is 2.29. The van der Waals surface area contributed by atoms with Gasteiger partial charge in [-0.05, 0) is 0 Å². The van der Waals surface area contributed by atoms with Gasteiger partial charge in [-0.1, -0.05) is 27.5 Å². The molecule has 0 saturated heterocycles. The minimum Gasteiger partial charge on any atom is -0.247 e. The van der Waals surface area contributed by atoms with E-state index >= 15 is 0 Å². The van der Waals surface area contributed by atoms with Gasteiger partial charge in [0.15, 0.2) is 0 Å². The lowest BCUT2D eigenvalue weighted by Crippen LogP contribution is -2.08. The van der Waals surface area contributed by atoms with Crippen molar-refractivity contribution in [3.8, 4) is 0 Å². The van der Waals surface area contributed by atoms with Crippen molar-refractivity contribution in [3.63, 3.8) is 0 Å². The molecule has 0 saturated carbocycles. The third-order valence-electron chi connectivity index (χ3n) is 1.66. The minimum atomic E-state index is -2.83. The van der Waals surface area contributed by atoms with Crippen LogP contribution in [0.15, 0.2) is 0 Å². The maximum Gasteiger partial charge on any atom is 0.282 e. The zero-order chi connectivity index (χ0) is 11.6. The molecule has 1 aromatic heterocycles. The van der Waals surface area contributed by atoms with E-state index in [4.69, 9.17) is 11.6 Å². The van der Waals surface area contributed by atoms with Gasteiger partial charge in [0.1, 0.15) is 17.4 Å². The summed E-state index contributed by atoms with van der Waals surface area (Å²) in [6.45, 7) is -0.786. The van der Waals surface area contributed by atoms with Crippen LogP contribution in [0.5, 0.6) is 0 Å². The molecule has 0 N–H and O–H groups in total. The fourth-order valence-electron chi connectivity index (χ4n) is 1.05. The lowest BCUT2D eigenvalue weighted by atomic mass is 10.3. The molecule has 0 radical (unpaired) electrons. The molecule has 0 bridgehead atoms. The van der Waals surface area contributed by atoms with Gasteiger partial charge >= 0.3 is 0 Å². The fourth-order valence-corrected chi connectivity index (χ4v) is 2.03. The molecular formula is C7H6BrClF4N2. The second kappa shape index (κ2) is 5.16. The second-order valence-electron chi connectivity index (χ2n) is 2.66. The maximum absolute atomic E-state index is 12.4. The standard InChI is InChI=1S/C7H6BrClF4N2/c8-1-3-5(7(12)13)14-15(6(3)9)2-4(10)11/h4,7H,1-2H2.